The van der Waals surface area contributed by atoms with Gasteiger partial charge in [-0.3, -0.25) is 0 Å². The predicted molar refractivity (Wildman–Crippen MR) is 180 cm³/mol. The van der Waals surface area contributed by atoms with Crippen LogP contribution in [0.1, 0.15) is 0 Å². The van der Waals surface area contributed by atoms with E-state index in [4.69, 9.17) is 15.0 Å². The number of hydrogen-bond donors (Lipinski definition) is 0. The summed E-state index contributed by atoms with van der Waals surface area (Å²) in [6, 6.07) is 47.8. The van der Waals surface area contributed by atoms with Gasteiger partial charge in [-0.2, -0.15) is 0 Å². The van der Waals surface area contributed by atoms with Crippen molar-refractivity contribution in [3.63, 3.8) is 0 Å². The minimum absolute atomic E-state index is 0.300. The van der Waals surface area contributed by atoms with Gasteiger partial charge in [0.1, 0.15) is 5.82 Å². The third-order valence-electron chi connectivity index (χ3n) is 7.81. The molecule has 208 valence electrons. The first-order chi connectivity index (χ1) is 21.7. The Morgan fingerprint density at radius 1 is 0.386 bits per heavy atom. The van der Waals surface area contributed by atoms with Crippen LogP contribution >= 0.6 is 11.3 Å². The van der Waals surface area contributed by atoms with Crippen molar-refractivity contribution in [3.8, 4) is 56.4 Å². The summed E-state index contributed by atoms with van der Waals surface area (Å²) in [5.41, 5.74) is 5.90. The quantitative estimate of drug-likeness (QED) is 0.202. The van der Waals surface area contributed by atoms with Crippen LogP contribution in [-0.4, -0.2) is 15.0 Å². The van der Waals surface area contributed by atoms with Crippen LogP contribution in [0.5, 0.6) is 0 Å². The van der Waals surface area contributed by atoms with E-state index in [9.17, 15) is 0 Å². The lowest BCUT2D eigenvalue weighted by Gasteiger charge is -2.11. The Bertz CT molecular complexity index is 2240. The van der Waals surface area contributed by atoms with Gasteiger partial charge in [-0.1, -0.05) is 103 Å². The van der Waals surface area contributed by atoms with Gasteiger partial charge in [0.25, 0.3) is 0 Å². The lowest BCUT2D eigenvalue weighted by Crippen LogP contribution is -2.00. The Hall–Kier alpha value is -5.52. The van der Waals surface area contributed by atoms with Crippen molar-refractivity contribution in [2.75, 3.05) is 0 Å². The SMILES string of the molecule is Fc1ccc(-c2nc(-c3ccccc3)nc(-c3ccccc3)n2)cc1-c1cccc(-c2ccc3sc4ccccc4c3c2)c1. The number of aromatic nitrogens is 3. The minimum atomic E-state index is -0.300. The smallest absolute Gasteiger partial charge is 0.164 e. The molecule has 44 heavy (non-hydrogen) atoms. The summed E-state index contributed by atoms with van der Waals surface area (Å²) in [4.78, 5) is 14.5. The average molecular weight is 586 g/mol. The first kappa shape index (κ1) is 26.1. The summed E-state index contributed by atoms with van der Waals surface area (Å²) in [7, 11) is 0. The standard InChI is InChI=1S/C39H24FN3S/c40-34-20-18-30(39-42-37(25-10-3-1-4-11-25)41-38(43-39)26-12-5-2-6-13-26)24-32(34)29-15-9-14-27(22-29)28-19-21-36-33(23-28)31-16-7-8-17-35(31)44-36/h1-24H. The van der Waals surface area contributed by atoms with Crippen LogP contribution in [0.3, 0.4) is 0 Å². The number of benzene rings is 6. The molecule has 0 bridgehead atoms. The molecule has 5 heteroatoms. The molecule has 2 aromatic heterocycles. The maximum absolute atomic E-state index is 15.5. The van der Waals surface area contributed by atoms with E-state index in [1.807, 2.05) is 78.9 Å². The van der Waals surface area contributed by atoms with Crippen LogP contribution in [0.2, 0.25) is 0 Å². The highest BCUT2D eigenvalue weighted by Crippen LogP contribution is 2.37. The third-order valence-corrected chi connectivity index (χ3v) is 8.96. The Morgan fingerprint density at radius 2 is 0.932 bits per heavy atom. The van der Waals surface area contributed by atoms with E-state index in [0.29, 0.717) is 23.0 Å². The highest BCUT2D eigenvalue weighted by molar-refractivity contribution is 7.25. The normalized spacial score (nSPS) is 11.3. The second kappa shape index (κ2) is 11.0. The average Bonchev–Trinajstić information content (AvgIpc) is 3.47. The molecular formula is C39H24FN3S. The Labute approximate surface area is 258 Å². The number of hydrogen-bond acceptors (Lipinski definition) is 4. The summed E-state index contributed by atoms with van der Waals surface area (Å²) in [6.07, 6.45) is 0. The summed E-state index contributed by atoms with van der Waals surface area (Å²) in [5, 5.41) is 2.49. The van der Waals surface area contributed by atoms with Crippen molar-refractivity contribution >= 4 is 31.5 Å². The number of halogens is 1. The first-order valence-corrected chi connectivity index (χ1v) is 15.2. The summed E-state index contributed by atoms with van der Waals surface area (Å²) >= 11 is 1.80. The topological polar surface area (TPSA) is 38.7 Å². The van der Waals surface area contributed by atoms with Gasteiger partial charge in [0.2, 0.25) is 0 Å². The molecule has 0 atom stereocenters. The molecule has 8 aromatic rings. The zero-order chi connectivity index (χ0) is 29.5. The van der Waals surface area contributed by atoms with E-state index in [1.165, 1.54) is 26.2 Å². The monoisotopic (exact) mass is 585 g/mol. The predicted octanol–water partition coefficient (Wildman–Crippen LogP) is 10.7. The van der Waals surface area contributed by atoms with Gasteiger partial charge in [-0.05, 0) is 59.2 Å². The van der Waals surface area contributed by atoms with Crippen molar-refractivity contribution in [1.29, 1.82) is 0 Å². The highest BCUT2D eigenvalue weighted by atomic mass is 32.1. The lowest BCUT2D eigenvalue weighted by molar-refractivity contribution is 0.631. The fourth-order valence-corrected chi connectivity index (χ4v) is 6.68. The van der Waals surface area contributed by atoms with Gasteiger partial charge in [0.15, 0.2) is 17.5 Å². The molecule has 6 aromatic carbocycles. The molecule has 2 heterocycles. The maximum Gasteiger partial charge on any atom is 0.164 e. The van der Waals surface area contributed by atoms with Crippen molar-refractivity contribution in [2.24, 2.45) is 0 Å². The van der Waals surface area contributed by atoms with Gasteiger partial charge in [0.05, 0.1) is 0 Å². The molecular weight excluding hydrogens is 562 g/mol. The molecule has 0 aliphatic carbocycles. The Morgan fingerprint density at radius 3 is 1.66 bits per heavy atom. The van der Waals surface area contributed by atoms with Crippen LogP contribution in [0.4, 0.5) is 4.39 Å². The number of thiophene rings is 1. The summed E-state index contributed by atoms with van der Waals surface area (Å²) in [5.74, 6) is 1.33. The van der Waals surface area contributed by atoms with E-state index < -0.39 is 0 Å². The fourth-order valence-electron chi connectivity index (χ4n) is 5.60. The molecule has 0 saturated heterocycles. The number of rotatable bonds is 5. The van der Waals surface area contributed by atoms with E-state index >= 15 is 4.39 Å². The fraction of sp³-hybridized carbons (Fsp3) is 0. The van der Waals surface area contributed by atoms with Gasteiger partial charge in [-0.15, -0.1) is 11.3 Å². The lowest BCUT2D eigenvalue weighted by atomic mass is 9.96. The molecule has 0 amide bonds. The van der Waals surface area contributed by atoms with E-state index in [2.05, 4.69) is 54.6 Å². The molecule has 0 spiro atoms. The molecule has 0 saturated carbocycles. The zero-order valence-corrected chi connectivity index (χ0v) is 24.3. The van der Waals surface area contributed by atoms with E-state index in [-0.39, 0.29) is 5.82 Å². The number of nitrogens with zero attached hydrogens (tertiary/aromatic N) is 3. The molecule has 0 N–H and O–H groups in total. The molecule has 0 radical (unpaired) electrons. The van der Waals surface area contributed by atoms with Crippen LogP contribution < -0.4 is 0 Å². The molecule has 3 nitrogen and oxygen atoms in total. The minimum Gasteiger partial charge on any atom is -0.208 e. The van der Waals surface area contributed by atoms with E-state index in [0.717, 1.165) is 33.4 Å². The largest absolute Gasteiger partial charge is 0.208 e. The van der Waals surface area contributed by atoms with Crippen molar-refractivity contribution in [2.45, 2.75) is 0 Å². The van der Waals surface area contributed by atoms with Crippen LogP contribution in [-0.2, 0) is 0 Å². The van der Waals surface area contributed by atoms with Gasteiger partial charge < -0.3 is 0 Å². The second-order valence-electron chi connectivity index (χ2n) is 10.6. The molecule has 0 aliphatic rings. The van der Waals surface area contributed by atoms with Crippen molar-refractivity contribution < 1.29 is 4.39 Å². The zero-order valence-electron chi connectivity index (χ0n) is 23.5. The molecule has 8 rings (SSSR count). The number of fused-ring (bicyclic) bond motifs is 3. The summed E-state index contributed by atoms with van der Waals surface area (Å²) < 4.78 is 18.0. The third kappa shape index (κ3) is 4.83. The first-order valence-electron chi connectivity index (χ1n) is 14.4. The second-order valence-corrected chi connectivity index (χ2v) is 11.7. The van der Waals surface area contributed by atoms with Crippen LogP contribution in [0, 0.1) is 5.82 Å². The molecule has 0 unspecified atom stereocenters. The highest BCUT2D eigenvalue weighted by Gasteiger charge is 2.15. The Kier molecular flexibility index (Phi) is 6.51. The van der Waals surface area contributed by atoms with E-state index in [1.54, 1.807) is 17.4 Å². The molecule has 0 fully saturated rings. The van der Waals surface area contributed by atoms with Gasteiger partial charge in [-0.25, -0.2) is 19.3 Å². The van der Waals surface area contributed by atoms with Crippen molar-refractivity contribution in [1.82, 2.24) is 15.0 Å². The van der Waals surface area contributed by atoms with Crippen LogP contribution in [0.15, 0.2) is 146 Å². The summed E-state index contributed by atoms with van der Waals surface area (Å²) in [6.45, 7) is 0. The van der Waals surface area contributed by atoms with Gasteiger partial charge in [0, 0.05) is 42.4 Å². The molecule has 0 aliphatic heterocycles. The van der Waals surface area contributed by atoms with Crippen molar-refractivity contribution in [3.05, 3.63) is 151 Å². The van der Waals surface area contributed by atoms with Crippen LogP contribution in [0.25, 0.3) is 76.6 Å². The Balaban J connectivity index is 1.22. The van der Waals surface area contributed by atoms with Gasteiger partial charge >= 0.3 is 0 Å². The maximum atomic E-state index is 15.5.